The molecule has 0 unspecified atom stereocenters. The van der Waals surface area contributed by atoms with Gasteiger partial charge in [0.25, 0.3) is 5.56 Å². The number of nitrogens with one attached hydrogen (secondary N) is 3. The zero-order valence-electron chi connectivity index (χ0n) is 18.4. The standard InChI is InChI=1S/C23H24N10O/c34-21-9-15(22-29-31-32-30-22)7-8-33(21)19-5-6-20(24-13-19)27-17-3-4-18(10-17)28-23-25-11-16(12-26-23)14-1-2-14/h5-9,11-14,17-18H,1-4,10H2,(H,24,27)(H,25,26,28)(H,29,30,31,32)/t17-,18-/m0/s1. The fourth-order valence-electron chi connectivity index (χ4n) is 4.40. The Bertz CT molecular complexity index is 1310. The highest BCUT2D eigenvalue weighted by molar-refractivity contribution is 5.53. The van der Waals surface area contributed by atoms with Crippen LogP contribution in [0.2, 0.25) is 0 Å². The van der Waals surface area contributed by atoms with E-state index in [1.807, 2.05) is 24.5 Å². The van der Waals surface area contributed by atoms with Crippen molar-refractivity contribution in [2.24, 2.45) is 0 Å². The van der Waals surface area contributed by atoms with Crippen molar-refractivity contribution in [3.63, 3.8) is 0 Å². The molecule has 34 heavy (non-hydrogen) atoms. The van der Waals surface area contributed by atoms with Crippen molar-refractivity contribution < 1.29 is 0 Å². The van der Waals surface area contributed by atoms with Gasteiger partial charge in [-0.1, -0.05) is 0 Å². The highest BCUT2D eigenvalue weighted by atomic mass is 16.1. The highest BCUT2D eigenvalue weighted by Crippen LogP contribution is 2.39. The molecule has 0 radical (unpaired) electrons. The third-order valence-electron chi connectivity index (χ3n) is 6.39. The van der Waals surface area contributed by atoms with Crippen LogP contribution in [-0.2, 0) is 0 Å². The van der Waals surface area contributed by atoms with E-state index in [0.717, 1.165) is 25.1 Å². The highest BCUT2D eigenvalue weighted by Gasteiger charge is 2.26. The van der Waals surface area contributed by atoms with Gasteiger partial charge in [0.15, 0.2) is 0 Å². The number of tetrazole rings is 1. The van der Waals surface area contributed by atoms with Crippen molar-refractivity contribution in [2.75, 3.05) is 10.6 Å². The van der Waals surface area contributed by atoms with Crippen LogP contribution in [0.1, 0.15) is 43.6 Å². The first-order valence-electron chi connectivity index (χ1n) is 11.5. The molecule has 0 saturated heterocycles. The Morgan fingerprint density at radius 3 is 2.44 bits per heavy atom. The molecule has 11 nitrogen and oxygen atoms in total. The molecule has 11 heteroatoms. The summed E-state index contributed by atoms with van der Waals surface area (Å²) in [5.74, 6) is 2.54. The maximum Gasteiger partial charge on any atom is 0.255 e. The van der Waals surface area contributed by atoms with E-state index >= 15 is 0 Å². The average molecular weight is 457 g/mol. The number of hydrogen-bond donors (Lipinski definition) is 3. The fourth-order valence-corrected chi connectivity index (χ4v) is 4.40. The molecule has 172 valence electrons. The number of rotatable bonds is 7. The normalized spacial score (nSPS) is 19.8. The van der Waals surface area contributed by atoms with E-state index in [1.54, 1.807) is 18.5 Å². The first-order chi connectivity index (χ1) is 16.7. The van der Waals surface area contributed by atoms with Gasteiger partial charge >= 0.3 is 0 Å². The van der Waals surface area contributed by atoms with Gasteiger partial charge in [-0.3, -0.25) is 9.36 Å². The Kier molecular flexibility index (Phi) is 5.21. The quantitative estimate of drug-likeness (QED) is 0.383. The maximum atomic E-state index is 12.6. The molecule has 4 aromatic heterocycles. The van der Waals surface area contributed by atoms with Crippen molar-refractivity contribution in [2.45, 2.75) is 50.1 Å². The largest absolute Gasteiger partial charge is 0.367 e. The molecule has 2 aliphatic carbocycles. The summed E-state index contributed by atoms with van der Waals surface area (Å²) < 4.78 is 1.53. The molecule has 0 spiro atoms. The molecule has 0 aromatic carbocycles. The van der Waals surface area contributed by atoms with Crippen LogP contribution in [0.4, 0.5) is 11.8 Å². The summed E-state index contributed by atoms with van der Waals surface area (Å²) in [4.78, 5) is 26.0. The van der Waals surface area contributed by atoms with E-state index < -0.39 is 0 Å². The topological polar surface area (TPSA) is 139 Å². The van der Waals surface area contributed by atoms with Gasteiger partial charge in [-0.15, -0.1) is 10.2 Å². The van der Waals surface area contributed by atoms with Gasteiger partial charge in [-0.25, -0.2) is 15.0 Å². The monoisotopic (exact) mass is 456 g/mol. The number of H-pyrrole nitrogens is 1. The maximum absolute atomic E-state index is 12.6. The molecular weight excluding hydrogens is 432 g/mol. The molecule has 2 atom stereocenters. The summed E-state index contributed by atoms with van der Waals surface area (Å²) in [6, 6.07) is 7.68. The number of nitrogens with zero attached hydrogens (tertiary/aromatic N) is 7. The Labute approximate surface area is 195 Å². The lowest BCUT2D eigenvalue weighted by molar-refractivity contribution is 0.716. The minimum atomic E-state index is -0.193. The van der Waals surface area contributed by atoms with Gasteiger partial charge < -0.3 is 10.6 Å². The van der Waals surface area contributed by atoms with E-state index in [1.165, 1.54) is 29.0 Å². The third-order valence-corrected chi connectivity index (χ3v) is 6.39. The van der Waals surface area contributed by atoms with Crippen LogP contribution in [0, 0.1) is 0 Å². The van der Waals surface area contributed by atoms with Crippen molar-refractivity contribution >= 4 is 11.8 Å². The number of hydrogen-bond acceptors (Lipinski definition) is 9. The Balaban J connectivity index is 1.06. The molecule has 0 amide bonds. The minimum Gasteiger partial charge on any atom is -0.367 e. The van der Waals surface area contributed by atoms with Crippen LogP contribution in [-0.4, -0.2) is 52.2 Å². The molecule has 2 fully saturated rings. The van der Waals surface area contributed by atoms with E-state index in [4.69, 9.17) is 0 Å². The molecule has 0 aliphatic heterocycles. The molecular formula is C23H24N10O. The molecule has 4 heterocycles. The summed E-state index contributed by atoms with van der Waals surface area (Å²) in [5.41, 5.74) is 2.35. The van der Waals surface area contributed by atoms with Crippen LogP contribution in [0.15, 0.2) is 53.8 Å². The first-order valence-corrected chi connectivity index (χ1v) is 11.5. The van der Waals surface area contributed by atoms with Crippen molar-refractivity contribution in [1.29, 1.82) is 0 Å². The molecule has 2 aliphatic rings. The first kappa shape index (κ1) is 20.5. The Morgan fingerprint density at radius 2 is 1.76 bits per heavy atom. The SMILES string of the molecule is O=c1cc(-c2nn[nH]n2)ccn1-c1ccc(N[C@H]2CC[C@H](Nc3ncc(C4CC4)cn3)C2)nc1. The second-order valence-electron chi connectivity index (χ2n) is 8.87. The van der Waals surface area contributed by atoms with Gasteiger partial charge in [0.05, 0.1) is 11.9 Å². The van der Waals surface area contributed by atoms with Crippen LogP contribution >= 0.6 is 0 Å². The van der Waals surface area contributed by atoms with Crippen molar-refractivity contribution in [1.82, 2.24) is 40.1 Å². The van der Waals surface area contributed by atoms with Crippen molar-refractivity contribution in [3.8, 4) is 17.1 Å². The van der Waals surface area contributed by atoms with Crippen LogP contribution in [0.25, 0.3) is 17.1 Å². The zero-order valence-corrected chi connectivity index (χ0v) is 18.4. The Morgan fingerprint density at radius 1 is 0.941 bits per heavy atom. The Hall–Kier alpha value is -4.15. The van der Waals surface area contributed by atoms with Crippen LogP contribution in [0.3, 0.4) is 0 Å². The average Bonchev–Trinajstić information content (AvgIpc) is 3.37. The second-order valence-corrected chi connectivity index (χ2v) is 8.87. The van der Waals surface area contributed by atoms with E-state index in [0.29, 0.717) is 41.0 Å². The van der Waals surface area contributed by atoms with Crippen LogP contribution < -0.4 is 16.2 Å². The lowest BCUT2D eigenvalue weighted by Crippen LogP contribution is -2.22. The van der Waals surface area contributed by atoms with Gasteiger partial charge in [-0.05, 0) is 67.0 Å². The van der Waals surface area contributed by atoms with E-state index in [-0.39, 0.29) is 5.56 Å². The van der Waals surface area contributed by atoms with Crippen LogP contribution in [0.5, 0.6) is 0 Å². The number of aromatic amines is 1. The second kappa shape index (κ2) is 8.65. The lowest BCUT2D eigenvalue weighted by atomic mass is 10.2. The van der Waals surface area contributed by atoms with Crippen molar-refractivity contribution in [3.05, 3.63) is 65.0 Å². The molecule has 3 N–H and O–H groups in total. The van der Waals surface area contributed by atoms with Gasteiger partial charge in [0.2, 0.25) is 11.8 Å². The summed E-state index contributed by atoms with van der Waals surface area (Å²) in [5, 5.41) is 20.7. The fraction of sp³-hybridized carbons (Fsp3) is 0.348. The minimum absolute atomic E-state index is 0.193. The number of anilines is 2. The summed E-state index contributed by atoms with van der Waals surface area (Å²) in [6.07, 6.45) is 12.8. The summed E-state index contributed by atoms with van der Waals surface area (Å²) in [7, 11) is 0. The molecule has 0 bridgehead atoms. The third kappa shape index (κ3) is 4.36. The van der Waals surface area contributed by atoms with E-state index in [2.05, 4.69) is 46.2 Å². The van der Waals surface area contributed by atoms with Gasteiger partial charge in [-0.2, -0.15) is 5.21 Å². The molecule has 4 aromatic rings. The zero-order chi connectivity index (χ0) is 22.9. The smallest absolute Gasteiger partial charge is 0.255 e. The summed E-state index contributed by atoms with van der Waals surface area (Å²) >= 11 is 0. The van der Waals surface area contributed by atoms with E-state index in [9.17, 15) is 4.79 Å². The predicted octanol–water partition coefficient (Wildman–Crippen LogP) is 2.53. The van der Waals surface area contributed by atoms with Gasteiger partial charge in [0, 0.05) is 42.3 Å². The number of pyridine rings is 2. The molecule has 6 rings (SSSR count). The van der Waals surface area contributed by atoms with Gasteiger partial charge in [0.1, 0.15) is 5.82 Å². The summed E-state index contributed by atoms with van der Waals surface area (Å²) in [6.45, 7) is 0. The lowest BCUT2D eigenvalue weighted by Gasteiger charge is -2.15. The number of aromatic nitrogens is 8. The molecule has 2 saturated carbocycles. The predicted molar refractivity (Wildman–Crippen MR) is 126 cm³/mol.